The van der Waals surface area contributed by atoms with E-state index in [1.54, 1.807) is 12.1 Å². The lowest BCUT2D eigenvalue weighted by molar-refractivity contribution is -0.915. The van der Waals surface area contributed by atoms with E-state index in [0.29, 0.717) is 0 Å². The molecule has 0 bridgehead atoms. The van der Waals surface area contributed by atoms with E-state index >= 15 is 0 Å². The van der Waals surface area contributed by atoms with Crippen LogP contribution in [-0.4, -0.2) is 18.6 Å². The van der Waals surface area contributed by atoms with E-state index < -0.39 is 11.6 Å². The zero-order chi connectivity index (χ0) is 11.2. The number of rotatable bonds is 2. The van der Waals surface area contributed by atoms with Gasteiger partial charge in [0.25, 0.3) is 6.04 Å². The van der Waals surface area contributed by atoms with Crippen molar-refractivity contribution in [2.45, 2.75) is 11.6 Å². The predicted molar refractivity (Wildman–Crippen MR) is 41.5 cm³/mol. The van der Waals surface area contributed by atoms with Gasteiger partial charge in [-0.05, 0) is 0 Å². The highest BCUT2D eigenvalue weighted by Gasteiger charge is 2.44. The molecule has 0 aliphatic rings. The first kappa shape index (κ1) is 11.4. The zero-order valence-electron chi connectivity index (χ0n) is 7.31. The molecule has 0 heterocycles. The molecule has 6 heteroatoms. The van der Waals surface area contributed by atoms with Crippen molar-refractivity contribution in [3.63, 3.8) is 0 Å². The van der Waals surface area contributed by atoms with Gasteiger partial charge in [0, 0.05) is 0 Å². The summed E-state index contributed by atoms with van der Waals surface area (Å²) in [6.45, 7) is 0. The maximum Gasteiger partial charge on any atom is 0.358 e. The summed E-state index contributed by atoms with van der Waals surface area (Å²) >= 11 is 0. The van der Waals surface area contributed by atoms with E-state index in [4.69, 9.17) is 26.3 Å². The molecule has 66 valence electrons. The van der Waals surface area contributed by atoms with Gasteiger partial charge in [-0.3, -0.25) is 4.90 Å². The molecule has 6 nitrogen and oxygen atoms in total. The highest BCUT2D eigenvalue weighted by molar-refractivity contribution is 5.29. The van der Waals surface area contributed by atoms with Crippen molar-refractivity contribution in [1.29, 1.82) is 26.3 Å². The number of nitriles is 5. The Bertz CT molecular complexity index is 367. The normalized spacial score (nSPS) is 11.2. The van der Waals surface area contributed by atoms with Crippen molar-refractivity contribution in [1.82, 2.24) is 0 Å². The van der Waals surface area contributed by atoms with Crippen LogP contribution in [0.15, 0.2) is 0 Å². The van der Waals surface area contributed by atoms with Crippen molar-refractivity contribution in [3.05, 3.63) is 0 Å². The molecular formula is C8H5N6+. The lowest BCUT2D eigenvalue weighted by Crippen LogP contribution is -3.20. The van der Waals surface area contributed by atoms with Gasteiger partial charge in [0.15, 0.2) is 18.2 Å². The van der Waals surface area contributed by atoms with E-state index in [0.717, 1.165) is 0 Å². The Labute approximate surface area is 81.0 Å². The van der Waals surface area contributed by atoms with Crippen LogP contribution in [-0.2, 0) is 0 Å². The van der Waals surface area contributed by atoms with Crippen molar-refractivity contribution in [2.24, 2.45) is 0 Å². The van der Waals surface area contributed by atoms with Crippen LogP contribution in [0.1, 0.15) is 0 Å². The Kier molecular flexibility index (Phi) is 3.62. The number of nitrogens with zero attached hydrogens (tertiary/aromatic N) is 5. The van der Waals surface area contributed by atoms with Crippen molar-refractivity contribution >= 4 is 0 Å². The van der Waals surface area contributed by atoms with E-state index in [1.807, 2.05) is 0 Å². The van der Waals surface area contributed by atoms with Gasteiger partial charge >= 0.3 is 5.54 Å². The van der Waals surface area contributed by atoms with Crippen LogP contribution in [0.2, 0.25) is 0 Å². The fraction of sp³-hybridized carbons (Fsp3) is 0.375. The molecule has 1 atom stereocenters. The van der Waals surface area contributed by atoms with Crippen molar-refractivity contribution in [3.8, 4) is 30.3 Å². The van der Waals surface area contributed by atoms with Crippen LogP contribution in [0.4, 0.5) is 0 Å². The lowest BCUT2D eigenvalue weighted by Gasteiger charge is -2.20. The summed E-state index contributed by atoms with van der Waals surface area (Å²) in [5.41, 5.74) is -2.00. The fourth-order valence-electron chi connectivity index (χ4n) is 0.779. The number of quaternary nitrogens is 1. The highest BCUT2D eigenvalue weighted by Crippen LogP contribution is 1.93. The second-order valence-corrected chi connectivity index (χ2v) is 2.46. The molecule has 0 saturated carbocycles. The summed E-state index contributed by atoms with van der Waals surface area (Å²) in [5, 5.41) is 43.0. The third kappa shape index (κ3) is 1.60. The molecule has 1 N–H and O–H groups in total. The van der Waals surface area contributed by atoms with E-state index in [-0.39, 0.29) is 4.90 Å². The van der Waals surface area contributed by atoms with Crippen LogP contribution in [0.3, 0.4) is 0 Å². The summed E-state index contributed by atoms with van der Waals surface area (Å²) in [5.74, 6) is 0. The van der Waals surface area contributed by atoms with Gasteiger partial charge in [-0.15, -0.1) is 0 Å². The molecule has 0 rings (SSSR count). The van der Waals surface area contributed by atoms with Gasteiger partial charge in [0.1, 0.15) is 12.1 Å². The molecule has 0 radical (unpaired) electrons. The quantitative estimate of drug-likeness (QED) is 0.545. The molecule has 0 aromatic rings. The molecular weight excluding hydrogens is 180 g/mol. The first-order valence-corrected chi connectivity index (χ1v) is 3.48. The van der Waals surface area contributed by atoms with Gasteiger partial charge in [-0.2, -0.15) is 26.3 Å². The largest absolute Gasteiger partial charge is 0.358 e. The Morgan fingerprint density at radius 2 is 1.29 bits per heavy atom. The van der Waals surface area contributed by atoms with Crippen LogP contribution < -0.4 is 4.90 Å². The number of nitrogens with one attached hydrogen (secondary N) is 1. The van der Waals surface area contributed by atoms with Gasteiger partial charge in [0.05, 0.1) is 7.05 Å². The topological polar surface area (TPSA) is 123 Å². The van der Waals surface area contributed by atoms with Crippen molar-refractivity contribution < 1.29 is 4.90 Å². The second kappa shape index (κ2) is 4.44. The summed E-state index contributed by atoms with van der Waals surface area (Å²) in [6.07, 6.45) is 0. The van der Waals surface area contributed by atoms with E-state index in [1.165, 1.54) is 25.3 Å². The molecule has 1 unspecified atom stereocenters. The van der Waals surface area contributed by atoms with Crippen LogP contribution in [0, 0.1) is 56.7 Å². The molecule has 0 fully saturated rings. The summed E-state index contributed by atoms with van der Waals surface area (Å²) in [6, 6.07) is 6.51. The molecule has 0 aromatic heterocycles. The van der Waals surface area contributed by atoms with E-state index in [2.05, 4.69) is 0 Å². The van der Waals surface area contributed by atoms with Crippen LogP contribution in [0.25, 0.3) is 0 Å². The van der Waals surface area contributed by atoms with Crippen molar-refractivity contribution in [2.75, 3.05) is 7.05 Å². The van der Waals surface area contributed by atoms with Gasteiger partial charge in [0.2, 0.25) is 0 Å². The first-order valence-electron chi connectivity index (χ1n) is 3.48. The Morgan fingerprint density at radius 1 is 0.929 bits per heavy atom. The summed E-state index contributed by atoms with van der Waals surface area (Å²) in [7, 11) is 1.28. The minimum atomic E-state index is -2.00. The Balaban J connectivity index is 5.27. The van der Waals surface area contributed by atoms with Crippen LogP contribution in [0.5, 0.6) is 0 Å². The number of hydrogen-bond donors (Lipinski definition) is 1. The van der Waals surface area contributed by atoms with E-state index in [9.17, 15) is 0 Å². The maximum atomic E-state index is 8.65. The lowest BCUT2D eigenvalue weighted by atomic mass is 10.0. The minimum absolute atomic E-state index is 0.0463. The zero-order valence-corrected chi connectivity index (χ0v) is 7.31. The maximum absolute atomic E-state index is 8.65. The second-order valence-electron chi connectivity index (χ2n) is 2.46. The Hall–Kier alpha value is -2.59. The molecule has 0 aliphatic heterocycles. The minimum Gasteiger partial charge on any atom is -0.270 e. The molecule has 0 aliphatic carbocycles. The SMILES string of the molecule is C[NH+](C(C#N)C#N)C(C#N)(C#N)C#N. The Morgan fingerprint density at radius 3 is 1.50 bits per heavy atom. The van der Waals surface area contributed by atoms with Crippen LogP contribution >= 0.6 is 0 Å². The average Bonchev–Trinajstić information content (AvgIpc) is 2.23. The summed E-state index contributed by atoms with van der Waals surface area (Å²) < 4.78 is 0. The van der Waals surface area contributed by atoms with Gasteiger partial charge in [-0.25, -0.2) is 0 Å². The average molecular weight is 185 g/mol. The standard InChI is InChI=1S/C8H4N6/c1-14(7(2-9)3-10)8(4-11,5-12)6-13/h7H,1H3/p+1. The highest BCUT2D eigenvalue weighted by atomic mass is 15.2. The number of hydrogen-bond acceptors (Lipinski definition) is 5. The third-order valence-corrected chi connectivity index (χ3v) is 1.79. The summed E-state index contributed by atoms with van der Waals surface area (Å²) in [4.78, 5) is -0.0463. The molecule has 0 saturated heterocycles. The molecule has 14 heavy (non-hydrogen) atoms. The fourth-order valence-corrected chi connectivity index (χ4v) is 0.779. The first-order chi connectivity index (χ1) is 6.61. The van der Waals surface area contributed by atoms with Gasteiger partial charge < -0.3 is 0 Å². The third-order valence-electron chi connectivity index (χ3n) is 1.79. The molecule has 0 aromatic carbocycles. The molecule has 0 amide bonds. The molecule has 0 spiro atoms. The smallest absolute Gasteiger partial charge is 0.270 e. The monoisotopic (exact) mass is 185 g/mol. The van der Waals surface area contributed by atoms with Gasteiger partial charge in [-0.1, -0.05) is 0 Å². The predicted octanol–water partition coefficient (Wildman–Crippen LogP) is -1.77.